The van der Waals surface area contributed by atoms with E-state index in [2.05, 4.69) is 35.2 Å². The number of benzene rings is 3. The van der Waals surface area contributed by atoms with Gasteiger partial charge in [0.15, 0.2) is 4.90 Å². The van der Waals surface area contributed by atoms with Gasteiger partial charge in [0.25, 0.3) is 0 Å². The average molecular weight is 377 g/mol. The molecule has 1 aliphatic rings. The van der Waals surface area contributed by atoms with Crippen LogP contribution in [0.1, 0.15) is 24.5 Å². The van der Waals surface area contributed by atoms with Gasteiger partial charge in [-0.25, -0.2) is 4.72 Å². The third-order valence-electron chi connectivity index (χ3n) is 5.18. The maximum atomic E-state index is 12.9. The van der Waals surface area contributed by atoms with Gasteiger partial charge < -0.3 is 9.87 Å². The predicted octanol–water partition coefficient (Wildman–Crippen LogP) is 4.91. The van der Waals surface area contributed by atoms with Crippen LogP contribution in [0.5, 0.6) is 0 Å². The number of fused-ring (bicyclic) bond motifs is 2. The molecule has 3 aromatic rings. The number of rotatable bonds is 6. The summed E-state index contributed by atoms with van der Waals surface area (Å²) >= 11 is -1.29. The summed E-state index contributed by atoms with van der Waals surface area (Å²) in [7, 11) is 1.98. The van der Waals surface area contributed by atoms with E-state index in [0.29, 0.717) is 0 Å². The summed E-state index contributed by atoms with van der Waals surface area (Å²) in [4.78, 5) is 0.788. The second kappa shape index (κ2) is 7.77. The van der Waals surface area contributed by atoms with Crippen molar-refractivity contribution in [1.82, 2.24) is 5.32 Å². The van der Waals surface area contributed by atoms with Crippen molar-refractivity contribution in [2.24, 2.45) is 0 Å². The van der Waals surface area contributed by atoms with Crippen molar-refractivity contribution in [3.63, 3.8) is 0 Å². The minimum absolute atomic E-state index is 0.788. The lowest BCUT2D eigenvalue weighted by Gasteiger charge is -2.14. The van der Waals surface area contributed by atoms with Crippen LogP contribution in [0.15, 0.2) is 71.1 Å². The Balaban J connectivity index is 1.56. The van der Waals surface area contributed by atoms with Crippen LogP contribution in [0.3, 0.4) is 0 Å². The van der Waals surface area contributed by atoms with Crippen LogP contribution in [0.2, 0.25) is 0 Å². The fraction of sp³-hybridized carbons (Fsp3) is 0.217. The van der Waals surface area contributed by atoms with Crippen molar-refractivity contribution in [2.45, 2.75) is 24.7 Å². The Kier molecular flexibility index (Phi) is 5.21. The molecule has 3 aromatic carbocycles. The smallest absolute Gasteiger partial charge is 0.180 e. The minimum atomic E-state index is -1.29. The zero-order chi connectivity index (χ0) is 18.8. The van der Waals surface area contributed by atoms with E-state index in [1.807, 2.05) is 49.5 Å². The summed E-state index contributed by atoms with van der Waals surface area (Å²) in [5.41, 5.74) is 6.41. The van der Waals surface area contributed by atoms with Crippen molar-refractivity contribution in [1.29, 1.82) is 0 Å². The molecule has 3 nitrogen and oxygen atoms in total. The Morgan fingerprint density at radius 3 is 2.63 bits per heavy atom. The Bertz CT molecular complexity index is 1010. The number of allylic oxidation sites excluding steroid dienone is 1. The topological polar surface area (TPSA) is 47.1 Å². The number of anilines is 1. The molecule has 0 bridgehead atoms. The molecule has 4 heteroatoms. The standard InChI is InChI=1S/C23H24N2OS/c1-16-13-19-7-9-20(15-23(19)22(16)11-12-24-2)25-27(26)21-10-8-17-5-3-4-6-18(17)14-21/h3-10,14-15,24-25H,11-13H2,1-2H3. The second-order valence-corrected chi connectivity index (χ2v) is 8.25. The molecule has 0 amide bonds. The monoisotopic (exact) mass is 376 g/mol. The Morgan fingerprint density at radius 2 is 1.81 bits per heavy atom. The van der Waals surface area contributed by atoms with Crippen molar-refractivity contribution in [3.05, 3.63) is 77.4 Å². The van der Waals surface area contributed by atoms with Gasteiger partial charge in [0, 0.05) is 6.07 Å². The summed E-state index contributed by atoms with van der Waals surface area (Å²) in [6.45, 7) is 3.18. The molecule has 0 radical (unpaired) electrons. The lowest BCUT2D eigenvalue weighted by atomic mass is 10.0. The molecule has 2 N–H and O–H groups in total. The number of hydrogen-bond acceptors (Lipinski definition) is 3. The van der Waals surface area contributed by atoms with Crippen LogP contribution >= 0.6 is 0 Å². The highest BCUT2D eigenvalue weighted by atomic mass is 32.2. The minimum Gasteiger partial charge on any atom is -0.588 e. The van der Waals surface area contributed by atoms with Crippen LogP contribution < -0.4 is 10.0 Å². The van der Waals surface area contributed by atoms with Gasteiger partial charge >= 0.3 is 0 Å². The molecule has 0 spiro atoms. The van der Waals surface area contributed by atoms with Crippen molar-refractivity contribution in [3.8, 4) is 0 Å². The zero-order valence-electron chi connectivity index (χ0n) is 15.7. The lowest BCUT2D eigenvalue weighted by molar-refractivity contribution is 0.600. The normalized spacial score (nSPS) is 14.5. The van der Waals surface area contributed by atoms with E-state index in [1.54, 1.807) is 0 Å². The molecule has 0 heterocycles. The molecule has 138 valence electrons. The first-order valence-electron chi connectivity index (χ1n) is 9.29. The molecule has 0 aromatic heterocycles. The highest BCUT2D eigenvalue weighted by Gasteiger charge is 2.20. The fourth-order valence-electron chi connectivity index (χ4n) is 3.74. The molecule has 1 atom stereocenters. The van der Waals surface area contributed by atoms with Gasteiger partial charge in [0.2, 0.25) is 0 Å². The van der Waals surface area contributed by atoms with E-state index >= 15 is 0 Å². The van der Waals surface area contributed by atoms with Crippen LogP contribution in [-0.4, -0.2) is 18.1 Å². The molecule has 27 heavy (non-hydrogen) atoms. The van der Waals surface area contributed by atoms with Crippen molar-refractivity contribution in [2.75, 3.05) is 18.3 Å². The van der Waals surface area contributed by atoms with Gasteiger partial charge in [-0.1, -0.05) is 35.9 Å². The van der Waals surface area contributed by atoms with E-state index < -0.39 is 11.4 Å². The molecule has 1 aliphatic carbocycles. The first-order chi connectivity index (χ1) is 13.2. The van der Waals surface area contributed by atoms with Gasteiger partial charge in [-0.05, 0) is 85.1 Å². The van der Waals surface area contributed by atoms with Gasteiger partial charge in [0.1, 0.15) is 11.4 Å². The summed E-state index contributed by atoms with van der Waals surface area (Å²) in [5, 5.41) is 5.49. The van der Waals surface area contributed by atoms with Gasteiger partial charge in [-0.15, -0.1) is 0 Å². The molecule has 0 fully saturated rings. The largest absolute Gasteiger partial charge is 0.588 e. The molecule has 0 saturated carbocycles. The highest BCUT2D eigenvalue weighted by Crippen LogP contribution is 2.36. The molecular formula is C23H24N2OS. The first kappa shape index (κ1) is 18.1. The van der Waals surface area contributed by atoms with Crippen molar-refractivity contribution < 1.29 is 4.55 Å². The quantitative estimate of drug-likeness (QED) is 0.601. The third-order valence-corrected chi connectivity index (χ3v) is 6.28. The van der Waals surface area contributed by atoms with E-state index in [0.717, 1.165) is 40.7 Å². The maximum Gasteiger partial charge on any atom is 0.180 e. The highest BCUT2D eigenvalue weighted by molar-refractivity contribution is 7.92. The second-order valence-electron chi connectivity index (χ2n) is 7.04. The molecule has 0 aliphatic heterocycles. The van der Waals surface area contributed by atoms with E-state index in [9.17, 15) is 4.55 Å². The van der Waals surface area contributed by atoms with Crippen LogP contribution in [0, 0.1) is 0 Å². The summed E-state index contributed by atoms with van der Waals surface area (Å²) in [6, 6.07) is 20.4. The summed E-state index contributed by atoms with van der Waals surface area (Å²) < 4.78 is 16.0. The fourth-order valence-corrected chi connectivity index (χ4v) is 4.63. The predicted molar refractivity (Wildman–Crippen MR) is 115 cm³/mol. The Labute approximate surface area is 163 Å². The number of hydrogen-bond donors (Lipinski definition) is 2. The van der Waals surface area contributed by atoms with Gasteiger partial charge in [-0.3, -0.25) is 0 Å². The first-order valence-corrected chi connectivity index (χ1v) is 10.4. The summed E-state index contributed by atoms with van der Waals surface area (Å²) in [6.07, 6.45) is 2.04. The van der Waals surface area contributed by atoms with Gasteiger partial charge in [0.05, 0.1) is 5.69 Å². The van der Waals surface area contributed by atoms with E-state index in [-0.39, 0.29) is 0 Å². The van der Waals surface area contributed by atoms with Gasteiger partial charge in [-0.2, -0.15) is 0 Å². The van der Waals surface area contributed by atoms with E-state index in [4.69, 9.17) is 0 Å². The summed E-state index contributed by atoms with van der Waals surface area (Å²) in [5.74, 6) is 0. The average Bonchev–Trinajstić information content (AvgIpc) is 3.00. The Hall–Kier alpha value is -2.27. The van der Waals surface area contributed by atoms with Crippen molar-refractivity contribution >= 4 is 33.4 Å². The van der Waals surface area contributed by atoms with E-state index in [1.165, 1.54) is 22.3 Å². The van der Waals surface area contributed by atoms with Crippen LogP contribution in [0.4, 0.5) is 5.69 Å². The van der Waals surface area contributed by atoms with Crippen LogP contribution in [-0.2, 0) is 17.8 Å². The SMILES string of the molecule is CNCCC1=C(C)Cc2ccc(N[S+]([O-])c3ccc4ccccc4c3)cc21. The molecule has 4 rings (SSSR count). The molecular weight excluding hydrogens is 352 g/mol. The molecule has 0 saturated heterocycles. The lowest BCUT2D eigenvalue weighted by Crippen LogP contribution is -2.13. The number of nitrogens with one attached hydrogen (secondary N) is 2. The Morgan fingerprint density at radius 1 is 1.00 bits per heavy atom. The molecule has 1 unspecified atom stereocenters. The maximum absolute atomic E-state index is 12.9. The zero-order valence-corrected chi connectivity index (χ0v) is 16.5. The van der Waals surface area contributed by atoms with Crippen LogP contribution in [0.25, 0.3) is 16.3 Å². The third kappa shape index (κ3) is 3.74.